The number of halogens is 1. The van der Waals surface area contributed by atoms with Gasteiger partial charge in [-0.25, -0.2) is 0 Å². The summed E-state index contributed by atoms with van der Waals surface area (Å²) in [7, 11) is 0. The molecule has 1 atom stereocenters. The SMILES string of the molecule is O=C(CN1CCCC(COc2ccccc2)C1)Nc1ccccc1Br. The van der Waals surface area contributed by atoms with E-state index in [0.717, 1.165) is 41.8 Å². The van der Waals surface area contributed by atoms with E-state index >= 15 is 0 Å². The molecule has 1 N–H and O–H groups in total. The van der Waals surface area contributed by atoms with Gasteiger partial charge < -0.3 is 10.1 Å². The number of anilines is 1. The number of hydrogen-bond acceptors (Lipinski definition) is 3. The van der Waals surface area contributed by atoms with Gasteiger partial charge in [0.2, 0.25) is 5.91 Å². The zero-order valence-corrected chi connectivity index (χ0v) is 15.7. The highest BCUT2D eigenvalue weighted by Gasteiger charge is 2.22. The van der Waals surface area contributed by atoms with E-state index in [1.54, 1.807) is 0 Å². The van der Waals surface area contributed by atoms with E-state index in [0.29, 0.717) is 19.1 Å². The average molecular weight is 403 g/mol. The Bertz CT molecular complexity index is 693. The van der Waals surface area contributed by atoms with Crippen LogP contribution in [0.1, 0.15) is 12.8 Å². The Labute approximate surface area is 157 Å². The Hall–Kier alpha value is -1.85. The lowest BCUT2D eigenvalue weighted by Crippen LogP contribution is -2.42. The van der Waals surface area contributed by atoms with Crippen molar-refractivity contribution in [3.63, 3.8) is 0 Å². The molecule has 132 valence electrons. The summed E-state index contributed by atoms with van der Waals surface area (Å²) in [5.74, 6) is 1.40. The number of amides is 1. The maximum Gasteiger partial charge on any atom is 0.238 e. The first-order chi connectivity index (χ1) is 12.2. The molecule has 0 aliphatic carbocycles. The van der Waals surface area contributed by atoms with Crippen LogP contribution in [0.3, 0.4) is 0 Å². The van der Waals surface area contributed by atoms with Gasteiger partial charge in [0.1, 0.15) is 5.75 Å². The number of nitrogens with zero attached hydrogens (tertiary/aromatic N) is 1. The number of piperidine rings is 1. The Morgan fingerprint density at radius 3 is 2.72 bits per heavy atom. The van der Waals surface area contributed by atoms with Crippen molar-refractivity contribution >= 4 is 27.5 Å². The molecule has 1 unspecified atom stereocenters. The van der Waals surface area contributed by atoms with Crippen molar-refractivity contribution in [3.05, 3.63) is 59.1 Å². The van der Waals surface area contributed by atoms with E-state index in [4.69, 9.17) is 4.74 Å². The molecule has 1 saturated heterocycles. The summed E-state index contributed by atoms with van der Waals surface area (Å²) in [6, 6.07) is 17.6. The number of likely N-dealkylation sites (tertiary alicyclic amines) is 1. The summed E-state index contributed by atoms with van der Waals surface area (Å²) < 4.78 is 6.78. The third kappa shape index (κ3) is 5.58. The van der Waals surface area contributed by atoms with Crippen LogP contribution < -0.4 is 10.1 Å². The minimum Gasteiger partial charge on any atom is -0.493 e. The molecule has 0 aromatic heterocycles. The maximum absolute atomic E-state index is 12.3. The van der Waals surface area contributed by atoms with Gasteiger partial charge in [0.05, 0.1) is 18.8 Å². The van der Waals surface area contributed by atoms with Crippen LogP contribution in [0.25, 0.3) is 0 Å². The van der Waals surface area contributed by atoms with Crippen LogP contribution in [0.4, 0.5) is 5.69 Å². The van der Waals surface area contributed by atoms with Crippen molar-refractivity contribution < 1.29 is 9.53 Å². The quantitative estimate of drug-likeness (QED) is 0.787. The number of carbonyl (C=O) groups excluding carboxylic acids is 1. The molecule has 0 radical (unpaired) electrons. The van der Waals surface area contributed by atoms with Crippen molar-refractivity contribution in [3.8, 4) is 5.75 Å². The van der Waals surface area contributed by atoms with E-state index in [9.17, 15) is 4.79 Å². The standard InChI is InChI=1S/C20H23BrN2O2/c21-18-10-4-5-11-19(18)22-20(24)14-23-12-6-7-16(13-23)15-25-17-8-2-1-3-9-17/h1-5,8-11,16H,6-7,12-15H2,(H,22,24). The minimum absolute atomic E-state index is 0.0246. The number of carbonyl (C=O) groups is 1. The first-order valence-electron chi connectivity index (χ1n) is 8.65. The summed E-state index contributed by atoms with van der Waals surface area (Å²) in [4.78, 5) is 14.5. The highest BCUT2D eigenvalue weighted by Crippen LogP contribution is 2.22. The number of nitrogens with one attached hydrogen (secondary N) is 1. The molecule has 0 spiro atoms. The molecule has 1 aliphatic rings. The Morgan fingerprint density at radius 2 is 1.92 bits per heavy atom. The lowest BCUT2D eigenvalue weighted by Gasteiger charge is -2.32. The Balaban J connectivity index is 1.46. The fourth-order valence-corrected chi connectivity index (χ4v) is 3.50. The average Bonchev–Trinajstić information content (AvgIpc) is 2.63. The van der Waals surface area contributed by atoms with E-state index in [2.05, 4.69) is 26.1 Å². The summed E-state index contributed by atoms with van der Waals surface area (Å²) in [5.41, 5.74) is 0.813. The molecule has 1 amide bonds. The smallest absolute Gasteiger partial charge is 0.238 e. The zero-order chi connectivity index (χ0) is 17.5. The highest BCUT2D eigenvalue weighted by molar-refractivity contribution is 9.10. The van der Waals surface area contributed by atoms with Gasteiger partial charge in [0, 0.05) is 16.9 Å². The van der Waals surface area contributed by atoms with Crippen LogP contribution in [0, 0.1) is 5.92 Å². The number of ether oxygens (including phenoxy) is 1. The summed E-state index contributed by atoms with van der Waals surface area (Å²) in [6.07, 6.45) is 2.25. The van der Waals surface area contributed by atoms with Gasteiger partial charge >= 0.3 is 0 Å². The second-order valence-corrected chi connectivity index (χ2v) is 7.25. The molecule has 0 bridgehead atoms. The van der Waals surface area contributed by atoms with Crippen LogP contribution in [0.2, 0.25) is 0 Å². The van der Waals surface area contributed by atoms with Crippen LogP contribution in [0.5, 0.6) is 5.75 Å². The third-order valence-corrected chi connectivity index (χ3v) is 5.04. The summed E-state index contributed by atoms with van der Waals surface area (Å²) in [6.45, 7) is 2.98. The molecule has 3 rings (SSSR count). The first-order valence-corrected chi connectivity index (χ1v) is 9.44. The normalized spacial score (nSPS) is 17.9. The van der Waals surface area contributed by atoms with Gasteiger partial charge in [-0.2, -0.15) is 0 Å². The van der Waals surface area contributed by atoms with Gasteiger partial charge in [0.15, 0.2) is 0 Å². The second-order valence-electron chi connectivity index (χ2n) is 6.40. The maximum atomic E-state index is 12.3. The van der Waals surface area contributed by atoms with Crippen LogP contribution >= 0.6 is 15.9 Å². The monoisotopic (exact) mass is 402 g/mol. The Kier molecular flexibility index (Phi) is 6.48. The molecular formula is C20H23BrN2O2. The fraction of sp³-hybridized carbons (Fsp3) is 0.350. The fourth-order valence-electron chi connectivity index (χ4n) is 3.12. The van der Waals surface area contributed by atoms with Crippen molar-refractivity contribution in [2.24, 2.45) is 5.92 Å². The molecule has 1 heterocycles. The molecule has 25 heavy (non-hydrogen) atoms. The molecular weight excluding hydrogens is 380 g/mol. The summed E-state index contributed by atoms with van der Waals surface area (Å²) in [5, 5.41) is 2.97. The Morgan fingerprint density at radius 1 is 1.16 bits per heavy atom. The molecule has 0 saturated carbocycles. The van der Waals surface area contributed by atoms with Crippen LogP contribution in [0.15, 0.2) is 59.1 Å². The van der Waals surface area contributed by atoms with Crippen LogP contribution in [-0.2, 0) is 4.79 Å². The molecule has 2 aromatic rings. The van der Waals surface area contributed by atoms with Gasteiger partial charge in [-0.05, 0) is 59.6 Å². The largest absolute Gasteiger partial charge is 0.493 e. The van der Waals surface area contributed by atoms with E-state index in [-0.39, 0.29) is 5.91 Å². The van der Waals surface area contributed by atoms with Gasteiger partial charge in [-0.15, -0.1) is 0 Å². The number of rotatable bonds is 6. The topological polar surface area (TPSA) is 41.6 Å². The molecule has 1 fully saturated rings. The predicted molar refractivity (Wildman–Crippen MR) is 104 cm³/mol. The van der Waals surface area contributed by atoms with Gasteiger partial charge in [-0.3, -0.25) is 9.69 Å². The molecule has 2 aromatic carbocycles. The molecule has 5 heteroatoms. The van der Waals surface area contributed by atoms with Gasteiger partial charge in [0.25, 0.3) is 0 Å². The number of hydrogen-bond donors (Lipinski definition) is 1. The third-order valence-electron chi connectivity index (χ3n) is 4.35. The lowest BCUT2D eigenvalue weighted by molar-refractivity contribution is -0.117. The van der Waals surface area contributed by atoms with E-state index in [1.165, 1.54) is 0 Å². The van der Waals surface area contributed by atoms with Crippen molar-refractivity contribution in [2.45, 2.75) is 12.8 Å². The lowest BCUT2D eigenvalue weighted by atomic mass is 9.99. The number of para-hydroxylation sites is 2. The van der Waals surface area contributed by atoms with E-state index < -0.39 is 0 Å². The van der Waals surface area contributed by atoms with Crippen molar-refractivity contribution in [1.29, 1.82) is 0 Å². The number of benzene rings is 2. The second kappa shape index (κ2) is 9.02. The summed E-state index contributed by atoms with van der Waals surface area (Å²) >= 11 is 3.46. The minimum atomic E-state index is 0.0246. The van der Waals surface area contributed by atoms with Crippen molar-refractivity contribution in [2.75, 3.05) is 31.6 Å². The first kappa shape index (κ1) is 18.0. The molecule has 1 aliphatic heterocycles. The van der Waals surface area contributed by atoms with Crippen LogP contribution in [-0.4, -0.2) is 37.0 Å². The van der Waals surface area contributed by atoms with Crippen molar-refractivity contribution in [1.82, 2.24) is 4.90 Å². The molecule has 4 nitrogen and oxygen atoms in total. The van der Waals surface area contributed by atoms with E-state index in [1.807, 2.05) is 54.6 Å². The zero-order valence-electron chi connectivity index (χ0n) is 14.2. The van der Waals surface area contributed by atoms with Gasteiger partial charge in [-0.1, -0.05) is 30.3 Å². The highest BCUT2D eigenvalue weighted by atomic mass is 79.9. The predicted octanol–water partition coefficient (Wildman–Crippen LogP) is 4.18.